The Hall–Kier alpha value is -1.33. The number of alkyl halides is 1. The molecule has 2 saturated heterocycles. The number of anilines is 1. The molecule has 6 heteroatoms. The van der Waals surface area contributed by atoms with Gasteiger partial charge in [-0.1, -0.05) is 0 Å². The van der Waals surface area contributed by atoms with Gasteiger partial charge in [0.1, 0.15) is 0 Å². The van der Waals surface area contributed by atoms with Gasteiger partial charge in [-0.05, 0) is 25.0 Å². The average Bonchev–Trinajstić information content (AvgIpc) is 2.76. The first-order valence-electron chi connectivity index (χ1n) is 6.41. The molecule has 102 valence electrons. The fraction of sp³-hybridized carbons (Fsp3) is 0.538. The summed E-state index contributed by atoms with van der Waals surface area (Å²) < 4.78 is 5.79. The van der Waals surface area contributed by atoms with Crippen molar-refractivity contribution in [3.05, 3.63) is 33.9 Å². The van der Waals surface area contributed by atoms with Crippen LogP contribution < -0.4 is 4.90 Å². The molecule has 1 aromatic carbocycles. The summed E-state index contributed by atoms with van der Waals surface area (Å²) in [5, 5.41) is 10.9. The van der Waals surface area contributed by atoms with Gasteiger partial charge in [0.2, 0.25) is 0 Å². The van der Waals surface area contributed by atoms with Crippen molar-refractivity contribution < 1.29 is 9.66 Å². The molecule has 0 radical (unpaired) electrons. The highest BCUT2D eigenvalue weighted by atomic mass is 35.5. The van der Waals surface area contributed by atoms with Crippen molar-refractivity contribution in [1.29, 1.82) is 0 Å². The number of nitro groups is 1. The molecule has 0 spiro atoms. The topological polar surface area (TPSA) is 55.6 Å². The van der Waals surface area contributed by atoms with Gasteiger partial charge in [-0.2, -0.15) is 0 Å². The van der Waals surface area contributed by atoms with Gasteiger partial charge in [-0.15, -0.1) is 11.6 Å². The van der Waals surface area contributed by atoms with Crippen molar-refractivity contribution >= 4 is 23.0 Å². The highest BCUT2D eigenvalue weighted by Gasteiger charge is 2.34. The summed E-state index contributed by atoms with van der Waals surface area (Å²) in [7, 11) is 0. The van der Waals surface area contributed by atoms with Crippen molar-refractivity contribution in [2.75, 3.05) is 18.0 Å². The number of nitro benzene ring substituents is 1. The van der Waals surface area contributed by atoms with E-state index in [0.29, 0.717) is 17.8 Å². The summed E-state index contributed by atoms with van der Waals surface area (Å²) in [5.41, 5.74) is 1.67. The molecule has 3 rings (SSSR count). The molecule has 2 bridgehead atoms. The molecule has 0 aliphatic carbocycles. The number of morpholine rings is 1. The maximum atomic E-state index is 10.9. The van der Waals surface area contributed by atoms with Gasteiger partial charge in [0.15, 0.2) is 0 Å². The SMILES string of the molecule is O=[N+]([O-])c1ccc(N2CC3CCC(C2)O3)cc1CCl. The number of hydrogen-bond acceptors (Lipinski definition) is 4. The van der Waals surface area contributed by atoms with E-state index >= 15 is 0 Å². The normalized spacial score (nSPS) is 25.6. The van der Waals surface area contributed by atoms with Crippen LogP contribution in [0.25, 0.3) is 0 Å². The highest BCUT2D eigenvalue weighted by Crippen LogP contribution is 2.32. The molecule has 19 heavy (non-hydrogen) atoms. The predicted octanol–water partition coefficient (Wildman–Crippen LogP) is 2.70. The van der Waals surface area contributed by atoms with Crippen LogP contribution in [0.15, 0.2) is 18.2 Å². The van der Waals surface area contributed by atoms with E-state index in [4.69, 9.17) is 16.3 Å². The number of halogens is 1. The standard InChI is InChI=1S/C13H15ClN2O3/c14-6-9-5-10(1-4-13(9)16(17)18)15-7-11-2-3-12(8-15)19-11/h1,4-5,11-12H,2-3,6-8H2. The first kappa shape index (κ1) is 12.7. The van der Waals surface area contributed by atoms with Crippen LogP contribution in [-0.2, 0) is 10.6 Å². The van der Waals surface area contributed by atoms with Crippen LogP contribution in [0.5, 0.6) is 0 Å². The zero-order valence-corrected chi connectivity index (χ0v) is 11.2. The van der Waals surface area contributed by atoms with Crippen LogP contribution >= 0.6 is 11.6 Å². The molecular formula is C13H15ClN2O3. The number of fused-ring (bicyclic) bond motifs is 2. The minimum atomic E-state index is -0.384. The van der Waals surface area contributed by atoms with Crippen molar-refractivity contribution in [3.8, 4) is 0 Å². The van der Waals surface area contributed by atoms with Crippen molar-refractivity contribution in [2.45, 2.75) is 30.9 Å². The first-order chi connectivity index (χ1) is 9.17. The minimum absolute atomic E-state index is 0.0926. The molecule has 2 heterocycles. The van der Waals surface area contributed by atoms with Crippen LogP contribution in [0.1, 0.15) is 18.4 Å². The van der Waals surface area contributed by atoms with E-state index in [2.05, 4.69) is 4.90 Å². The van der Waals surface area contributed by atoms with Gasteiger partial charge in [0.05, 0.1) is 23.0 Å². The lowest BCUT2D eigenvalue weighted by Crippen LogP contribution is -2.42. The van der Waals surface area contributed by atoms with Crippen molar-refractivity contribution in [1.82, 2.24) is 0 Å². The maximum Gasteiger partial charge on any atom is 0.273 e. The molecule has 2 unspecified atom stereocenters. The fourth-order valence-electron chi connectivity index (χ4n) is 2.88. The molecule has 2 aliphatic heterocycles. The van der Waals surface area contributed by atoms with Gasteiger partial charge in [0, 0.05) is 30.4 Å². The van der Waals surface area contributed by atoms with Gasteiger partial charge in [-0.3, -0.25) is 10.1 Å². The van der Waals surface area contributed by atoms with Crippen LogP contribution in [0.2, 0.25) is 0 Å². The third-order valence-corrected chi connectivity index (χ3v) is 4.10. The molecule has 1 aromatic rings. The van der Waals surface area contributed by atoms with E-state index < -0.39 is 0 Å². The van der Waals surface area contributed by atoms with Gasteiger partial charge >= 0.3 is 0 Å². The minimum Gasteiger partial charge on any atom is -0.371 e. The van der Waals surface area contributed by atoms with Crippen LogP contribution in [-0.4, -0.2) is 30.2 Å². The van der Waals surface area contributed by atoms with Crippen LogP contribution in [0.3, 0.4) is 0 Å². The molecule has 2 fully saturated rings. The molecular weight excluding hydrogens is 268 g/mol. The number of hydrogen-bond donors (Lipinski definition) is 0. The van der Waals surface area contributed by atoms with E-state index in [-0.39, 0.29) is 16.5 Å². The number of benzene rings is 1. The zero-order valence-electron chi connectivity index (χ0n) is 10.4. The van der Waals surface area contributed by atoms with Gasteiger partial charge in [-0.25, -0.2) is 0 Å². The Bertz CT molecular complexity index is 497. The summed E-state index contributed by atoms with van der Waals surface area (Å²) >= 11 is 5.81. The lowest BCUT2D eigenvalue weighted by atomic mass is 10.1. The fourth-order valence-corrected chi connectivity index (χ4v) is 3.09. The summed E-state index contributed by atoms with van der Waals surface area (Å²) in [6.45, 7) is 1.71. The third-order valence-electron chi connectivity index (χ3n) is 3.81. The molecule has 0 aromatic heterocycles. The van der Waals surface area contributed by atoms with E-state index in [1.54, 1.807) is 12.1 Å². The molecule has 2 aliphatic rings. The average molecular weight is 283 g/mol. The van der Waals surface area contributed by atoms with Crippen molar-refractivity contribution in [3.63, 3.8) is 0 Å². The van der Waals surface area contributed by atoms with E-state index in [0.717, 1.165) is 31.6 Å². The predicted molar refractivity (Wildman–Crippen MR) is 72.8 cm³/mol. The van der Waals surface area contributed by atoms with Gasteiger partial charge in [0.25, 0.3) is 5.69 Å². The number of nitrogens with zero attached hydrogens (tertiary/aromatic N) is 2. The Labute approximate surface area is 116 Å². The molecule has 2 atom stereocenters. The molecule has 0 saturated carbocycles. The van der Waals surface area contributed by atoms with Crippen LogP contribution in [0, 0.1) is 10.1 Å². The monoisotopic (exact) mass is 282 g/mol. The summed E-state index contributed by atoms with van der Waals surface area (Å²) in [6.07, 6.45) is 2.81. The van der Waals surface area contributed by atoms with E-state index in [9.17, 15) is 10.1 Å². The van der Waals surface area contributed by atoms with Crippen molar-refractivity contribution in [2.24, 2.45) is 0 Å². The number of ether oxygens (including phenoxy) is 1. The van der Waals surface area contributed by atoms with Crippen LogP contribution in [0.4, 0.5) is 11.4 Å². The second-order valence-electron chi connectivity index (χ2n) is 5.07. The highest BCUT2D eigenvalue weighted by molar-refractivity contribution is 6.17. The summed E-state index contributed by atoms with van der Waals surface area (Å²) in [6, 6.07) is 5.18. The quantitative estimate of drug-likeness (QED) is 0.486. The summed E-state index contributed by atoms with van der Waals surface area (Å²) in [5.74, 6) is 0.154. The lowest BCUT2D eigenvalue weighted by Gasteiger charge is -2.34. The molecule has 0 amide bonds. The second-order valence-corrected chi connectivity index (χ2v) is 5.33. The van der Waals surface area contributed by atoms with E-state index in [1.165, 1.54) is 0 Å². The lowest BCUT2D eigenvalue weighted by molar-refractivity contribution is -0.385. The Morgan fingerprint density at radius 1 is 1.37 bits per heavy atom. The number of rotatable bonds is 3. The Kier molecular flexibility index (Phi) is 3.33. The van der Waals surface area contributed by atoms with E-state index in [1.807, 2.05) is 6.07 Å². The summed E-state index contributed by atoms with van der Waals surface area (Å²) in [4.78, 5) is 12.8. The Morgan fingerprint density at radius 3 is 2.63 bits per heavy atom. The largest absolute Gasteiger partial charge is 0.371 e. The zero-order chi connectivity index (χ0) is 13.4. The first-order valence-corrected chi connectivity index (χ1v) is 6.94. The molecule has 0 N–H and O–H groups in total. The second kappa shape index (κ2) is 4.98. The maximum absolute atomic E-state index is 10.9. The smallest absolute Gasteiger partial charge is 0.273 e. The van der Waals surface area contributed by atoms with Gasteiger partial charge < -0.3 is 9.64 Å². The Morgan fingerprint density at radius 2 is 2.05 bits per heavy atom. The Balaban J connectivity index is 1.87. The molecule has 5 nitrogen and oxygen atoms in total. The third kappa shape index (κ3) is 2.40.